The number of hydrogen-bond acceptors (Lipinski definition) is 2. The highest BCUT2D eigenvalue weighted by Gasteiger charge is 2.26. The van der Waals surface area contributed by atoms with Gasteiger partial charge in [-0.3, -0.25) is 0 Å². The van der Waals surface area contributed by atoms with E-state index in [0.29, 0.717) is 0 Å². The number of rotatable bonds is 5. The average molecular weight is 237 g/mol. The molecule has 2 unspecified atom stereocenters. The lowest BCUT2D eigenvalue weighted by Crippen LogP contribution is -2.32. The maximum absolute atomic E-state index is 12.9. The van der Waals surface area contributed by atoms with Crippen molar-refractivity contribution in [2.45, 2.75) is 38.3 Å². The second kappa shape index (κ2) is 6.12. The van der Waals surface area contributed by atoms with Gasteiger partial charge in [0.15, 0.2) is 0 Å². The molecule has 1 N–H and O–H groups in total. The van der Waals surface area contributed by atoms with Gasteiger partial charge in [0, 0.05) is 6.61 Å². The predicted octanol–water partition coefficient (Wildman–Crippen LogP) is 3.05. The van der Waals surface area contributed by atoms with E-state index in [9.17, 15) is 4.39 Å². The number of nitrogens with one attached hydrogen (secondary N) is 1. The molecule has 2 rings (SSSR count). The molecule has 0 bridgehead atoms. The summed E-state index contributed by atoms with van der Waals surface area (Å²) in [4.78, 5) is 0. The second-order valence-electron chi connectivity index (χ2n) is 4.53. The molecule has 0 saturated carbocycles. The summed E-state index contributed by atoms with van der Waals surface area (Å²) in [5.74, 6) is -0.185. The van der Waals surface area contributed by atoms with E-state index in [-0.39, 0.29) is 18.0 Å². The molecule has 3 heteroatoms. The lowest BCUT2D eigenvalue weighted by Gasteiger charge is -2.24. The highest BCUT2D eigenvalue weighted by atomic mass is 19.1. The number of halogens is 1. The molecule has 2 nitrogen and oxygen atoms in total. The zero-order valence-corrected chi connectivity index (χ0v) is 10.3. The Bertz CT molecular complexity index is 333. The van der Waals surface area contributed by atoms with Crippen molar-refractivity contribution in [2.24, 2.45) is 0 Å². The van der Waals surface area contributed by atoms with Crippen LogP contribution in [0.1, 0.15) is 37.8 Å². The SMILES string of the molecule is CCCNC(c1ccc(F)cc1)C1CCCO1. The Morgan fingerprint density at radius 3 is 2.76 bits per heavy atom. The zero-order valence-electron chi connectivity index (χ0n) is 10.3. The first-order valence-electron chi connectivity index (χ1n) is 6.41. The van der Waals surface area contributed by atoms with Gasteiger partial charge in [-0.15, -0.1) is 0 Å². The summed E-state index contributed by atoms with van der Waals surface area (Å²) in [6.45, 7) is 3.95. The molecule has 0 amide bonds. The van der Waals surface area contributed by atoms with Crippen LogP contribution in [0.2, 0.25) is 0 Å². The molecule has 2 atom stereocenters. The smallest absolute Gasteiger partial charge is 0.123 e. The molecule has 1 aromatic carbocycles. The van der Waals surface area contributed by atoms with Gasteiger partial charge in [-0.1, -0.05) is 19.1 Å². The molecule has 1 aliphatic heterocycles. The van der Waals surface area contributed by atoms with Crippen molar-refractivity contribution >= 4 is 0 Å². The van der Waals surface area contributed by atoms with Crippen LogP contribution >= 0.6 is 0 Å². The van der Waals surface area contributed by atoms with Gasteiger partial charge in [0.05, 0.1) is 12.1 Å². The first kappa shape index (κ1) is 12.5. The Labute approximate surface area is 102 Å². The maximum Gasteiger partial charge on any atom is 0.123 e. The van der Waals surface area contributed by atoms with Gasteiger partial charge in [-0.25, -0.2) is 4.39 Å². The van der Waals surface area contributed by atoms with Crippen molar-refractivity contribution in [1.82, 2.24) is 5.32 Å². The van der Waals surface area contributed by atoms with Crippen molar-refractivity contribution in [2.75, 3.05) is 13.2 Å². The van der Waals surface area contributed by atoms with Crippen LogP contribution in [0, 0.1) is 5.82 Å². The molecule has 94 valence electrons. The zero-order chi connectivity index (χ0) is 12.1. The number of benzene rings is 1. The van der Waals surface area contributed by atoms with Crippen LogP contribution in [-0.4, -0.2) is 19.3 Å². The third kappa shape index (κ3) is 3.27. The van der Waals surface area contributed by atoms with E-state index in [0.717, 1.165) is 38.0 Å². The first-order chi connectivity index (χ1) is 8.31. The average Bonchev–Trinajstić information content (AvgIpc) is 2.85. The minimum atomic E-state index is -0.185. The molecular weight excluding hydrogens is 217 g/mol. The summed E-state index contributed by atoms with van der Waals surface area (Å²) in [7, 11) is 0. The third-order valence-corrected chi connectivity index (χ3v) is 3.18. The molecule has 17 heavy (non-hydrogen) atoms. The minimum absolute atomic E-state index is 0.185. The molecule has 1 fully saturated rings. The van der Waals surface area contributed by atoms with Crippen molar-refractivity contribution < 1.29 is 9.13 Å². The fraction of sp³-hybridized carbons (Fsp3) is 0.571. The Balaban J connectivity index is 2.10. The maximum atomic E-state index is 12.9. The fourth-order valence-corrected chi connectivity index (χ4v) is 2.30. The molecular formula is C14H20FNO. The molecule has 0 radical (unpaired) electrons. The lowest BCUT2D eigenvalue weighted by molar-refractivity contribution is 0.0783. The summed E-state index contributed by atoms with van der Waals surface area (Å²) in [5, 5.41) is 3.50. The Kier molecular flexibility index (Phi) is 4.51. The van der Waals surface area contributed by atoms with E-state index in [2.05, 4.69) is 12.2 Å². The molecule has 1 saturated heterocycles. The summed E-state index contributed by atoms with van der Waals surface area (Å²) in [6, 6.07) is 6.93. The highest BCUT2D eigenvalue weighted by Crippen LogP contribution is 2.27. The standard InChI is InChI=1S/C14H20FNO/c1-2-9-16-14(13-4-3-10-17-13)11-5-7-12(15)8-6-11/h5-8,13-14,16H,2-4,9-10H2,1H3. The van der Waals surface area contributed by atoms with E-state index in [1.165, 1.54) is 12.1 Å². The Hall–Kier alpha value is -0.930. The molecule has 1 aliphatic rings. The second-order valence-corrected chi connectivity index (χ2v) is 4.53. The first-order valence-corrected chi connectivity index (χ1v) is 6.41. The summed E-state index contributed by atoms with van der Waals surface area (Å²) < 4.78 is 18.7. The van der Waals surface area contributed by atoms with E-state index < -0.39 is 0 Å². The van der Waals surface area contributed by atoms with E-state index >= 15 is 0 Å². The van der Waals surface area contributed by atoms with Crippen LogP contribution in [0.15, 0.2) is 24.3 Å². The van der Waals surface area contributed by atoms with Crippen molar-refractivity contribution in [3.8, 4) is 0 Å². The predicted molar refractivity (Wildman–Crippen MR) is 66.4 cm³/mol. The lowest BCUT2D eigenvalue weighted by atomic mass is 9.99. The van der Waals surface area contributed by atoms with Crippen LogP contribution in [-0.2, 0) is 4.74 Å². The van der Waals surface area contributed by atoms with Crippen LogP contribution in [0.5, 0.6) is 0 Å². The molecule has 1 aromatic rings. The van der Waals surface area contributed by atoms with Gasteiger partial charge in [0.1, 0.15) is 5.82 Å². The monoisotopic (exact) mass is 237 g/mol. The third-order valence-electron chi connectivity index (χ3n) is 3.18. The molecule has 0 spiro atoms. The van der Waals surface area contributed by atoms with Crippen molar-refractivity contribution in [3.05, 3.63) is 35.6 Å². The Morgan fingerprint density at radius 1 is 1.41 bits per heavy atom. The molecule has 1 heterocycles. The molecule has 0 aromatic heterocycles. The van der Waals surface area contributed by atoms with Gasteiger partial charge < -0.3 is 10.1 Å². The van der Waals surface area contributed by atoms with E-state index in [1.54, 1.807) is 0 Å². The number of hydrogen-bond donors (Lipinski definition) is 1. The largest absolute Gasteiger partial charge is 0.376 e. The van der Waals surface area contributed by atoms with Gasteiger partial charge in [0.2, 0.25) is 0 Å². The molecule has 0 aliphatic carbocycles. The summed E-state index contributed by atoms with van der Waals surface area (Å²) >= 11 is 0. The highest BCUT2D eigenvalue weighted by molar-refractivity contribution is 5.21. The van der Waals surface area contributed by atoms with Crippen LogP contribution in [0.4, 0.5) is 4.39 Å². The number of ether oxygens (including phenoxy) is 1. The van der Waals surface area contributed by atoms with Crippen LogP contribution < -0.4 is 5.32 Å². The normalized spacial score (nSPS) is 21.6. The van der Waals surface area contributed by atoms with Gasteiger partial charge in [0.25, 0.3) is 0 Å². The van der Waals surface area contributed by atoms with Gasteiger partial charge in [-0.2, -0.15) is 0 Å². The van der Waals surface area contributed by atoms with E-state index in [4.69, 9.17) is 4.74 Å². The summed E-state index contributed by atoms with van der Waals surface area (Å²) in [5.41, 5.74) is 1.12. The van der Waals surface area contributed by atoms with Crippen LogP contribution in [0.3, 0.4) is 0 Å². The quantitative estimate of drug-likeness (QED) is 0.850. The van der Waals surface area contributed by atoms with E-state index in [1.807, 2.05) is 12.1 Å². The van der Waals surface area contributed by atoms with Crippen LogP contribution in [0.25, 0.3) is 0 Å². The van der Waals surface area contributed by atoms with Gasteiger partial charge in [-0.05, 0) is 43.5 Å². The van der Waals surface area contributed by atoms with Crippen molar-refractivity contribution in [3.63, 3.8) is 0 Å². The summed E-state index contributed by atoms with van der Waals surface area (Å²) in [6.07, 6.45) is 3.52. The fourth-order valence-electron chi connectivity index (χ4n) is 2.30. The Morgan fingerprint density at radius 2 is 2.18 bits per heavy atom. The van der Waals surface area contributed by atoms with Gasteiger partial charge >= 0.3 is 0 Å². The topological polar surface area (TPSA) is 21.3 Å². The minimum Gasteiger partial charge on any atom is -0.376 e. The van der Waals surface area contributed by atoms with Crippen molar-refractivity contribution in [1.29, 1.82) is 0 Å².